The Morgan fingerprint density at radius 3 is 2.62 bits per heavy atom. The maximum absolute atomic E-state index is 5.85. The molecule has 0 bridgehead atoms. The highest BCUT2D eigenvalue weighted by Crippen LogP contribution is 2.28. The molecule has 21 heavy (non-hydrogen) atoms. The molecule has 2 nitrogen and oxygen atoms in total. The lowest BCUT2D eigenvalue weighted by molar-refractivity contribution is 0.516. The van der Waals surface area contributed by atoms with Gasteiger partial charge in [0.2, 0.25) is 0 Å². The van der Waals surface area contributed by atoms with Crippen LogP contribution in [0.4, 0.5) is 5.69 Å². The molecule has 0 aromatic heterocycles. The predicted octanol–water partition coefficient (Wildman–Crippen LogP) is 5.08. The molecule has 1 fully saturated rings. The largest absolute Gasteiger partial charge is 0.362 e. The lowest BCUT2D eigenvalue weighted by Gasteiger charge is -2.20. The quantitative estimate of drug-likeness (QED) is 0.556. The number of thioether (sulfide) groups is 1. The van der Waals surface area contributed by atoms with Gasteiger partial charge in [0, 0.05) is 22.5 Å². The zero-order valence-electron chi connectivity index (χ0n) is 12.2. The van der Waals surface area contributed by atoms with Crippen molar-refractivity contribution in [2.45, 2.75) is 43.8 Å². The van der Waals surface area contributed by atoms with Gasteiger partial charge in [0.15, 0.2) is 5.11 Å². The molecule has 0 aliphatic heterocycles. The molecule has 0 unspecified atom stereocenters. The van der Waals surface area contributed by atoms with Crippen molar-refractivity contribution in [2.75, 3.05) is 17.6 Å². The first-order chi connectivity index (χ1) is 10.2. The number of benzene rings is 1. The molecule has 5 heteroatoms. The van der Waals surface area contributed by atoms with Crippen LogP contribution in [0, 0.1) is 0 Å². The lowest BCUT2D eigenvalue weighted by atomic mass is 10.0. The number of anilines is 1. The smallest absolute Gasteiger partial charge is 0.170 e. The third kappa shape index (κ3) is 6.90. The van der Waals surface area contributed by atoms with Crippen molar-refractivity contribution in [2.24, 2.45) is 0 Å². The first kappa shape index (κ1) is 16.9. The van der Waals surface area contributed by atoms with E-state index in [1.165, 1.54) is 37.9 Å². The van der Waals surface area contributed by atoms with Crippen molar-refractivity contribution in [3.63, 3.8) is 0 Å². The number of hydrogen-bond donors (Lipinski definition) is 2. The Balaban J connectivity index is 1.53. The molecular formula is C16H23ClN2S2. The Hall–Kier alpha value is -0.450. The molecule has 0 heterocycles. The minimum absolute atomic E-state index is 0.681. The maximum Gasteiger partial charge on any atom is 0.170 e. The summed E-state index contributed by atoms with van der Waals surface area (Å²) in [6.07, 6.45) is 8.26. The van der Waals surface area contributed by atoms with Gasteiger partial charge < -0.3 is 10.6 Å². The van der Waals surface area contributed by atoms with E-state index in [4.69, 9.17) is 23.8 Å². The first-order valence-electron chi connectivity index (χ1n) is 7.66. The van der Waals surface area contributed by atoms with Gasteiger partial charge in [-0.2, -0.15) is 11.8 Å². The number of thiocarbonyl (C=S) groups is 1. The Morgan fingerprint density at radius 2 is 1.90 bits per heavy atom. The minimum Gasteiger partial charge on any atom is -0.362 e. The highest BCUT2D eigenvalue weighted by Gasteiger charge is 2.12. The molecule has 2 rings (SSSR count). The molecule has 1 aromatic carbocycles. The molecule has 0 spiro atoms. The number of halogens is 1. The van der Waals surface area contributed by atoms with Crippen LogP contribution in [0.15, 0.2) is 24.3 Å². The van der Waals surface area contributed by atoms with E-state index >= 15 is 0 Å². The average molecular weight is 343 g/mol. The highest BCUT2D eigenvalue weighted by atomic mass is 35.5. The first-order valence-corrected chi connectivity index (χ1v) is 9.49. The lowest BCUT2D eigenvalue weighted by Crippen LogP contribution is -2.29. The Morgan fingerprint density at radius 1 is 1.19 bits per heavy atom. The van der Waals surface area contributed by atoms with Gasteiger partial charge in [-0.25, -0.2) is 0 Å². The van der Waals surface area contributed by atoms with Gasteiger partial charge in [0.1, 0.15) is 0 Å². The van der Waals surface area contributed by atoms with Crippen LogP contribution in [0.3, 0.4) is 0 Å². The Labute approximate surface area is 142 Å². The van der Waals surface area contributed by atoms with Crippen LogP contribution < -0.4 is 10.6 Å². The van der Waals surface area contributed by atoms with Gasteiger partial charge in [-0.1, -0.05) is 30.9 Å². The van der Waals surface area contributed by atoms with Crippen LogP contribution >= 0.6 is 35.6 Å². The fraction of sp³-hybridized carbons (Fsp3) is 0.562. The summed E-state index contributed by atoms with van der Waals surface area (Å²) in [5.41, 5.74) is 0.966. The summed E-state index contributed by atoms with van der Waals surface area (Å²) in [6, 6.07) is 7.56. The monoisotopic (exact) mass is 342 g/mol. The second kappa shape index (κ2) is 9.54. The van der Waals surface area contributed by atoms with Crippen molar-refractivity contribution in [3.8, 4) is 0 Å². The van der Waals surface area contributed by atoms with E-state index in [-0.39, 0.29) is 0 Å². The zero-order chi connectivity index (χ0) is 14.9. The van der Waals surface area contributed by atoms with E-state index in [1.807, 2.05) is 24.3 Å². The van der Waals surface area contributed by atoms with E-state index in [1.54, 1.807) is 0 Å². The standard InChI is InChI=1S/C16H23ClN2S2/c17-13-7-9-14(10-8-13)19-16(20)18-11-4-12-21-15-5-2-1-3-6-15/h7-10,15H,1-6,11-12H2,(H2,18,19,20). The summed E-state index contributed by atoms with van der Waals surface area (Å²) in [5.74, 6) is 1.22. The molecule has 0 atom stereocenters. The molecule has 0 amide bonds. The molecular weight excluding hydrogens is 320 g/mol. The normalized spacial score (nSPS) is 15.7. The fourth-order valence-corrected chi connectivity index (χ4v) is 4.12. The number of rotatable bonds is 6. The summed E-state index contributed by atoms with van der Waals surface area (Å²) in [7, 11) is 0. The van der Waals surface area contributed by atoms with Crippen molar-refractivity contribution in [1.29, 1.82) is 0 Å². The topological polar surface area (TPSA) is 24.1 Å². The van der Waals surface area contributed by atoms with Gasteiger partial charge >= 0.3 is 0 Å². The van der Waals surface area contributed by atoms with Crippen LogP contribution in [-0.2, 0) is 0 Å². The summed E-state index contributed by atoms with van der Waals surface area (Å²) in [4.78, 5) is 0. The predicted molar refractivity (Wildman–Crippen MR) is 99.6 cm³/mol. The zero-order valence-corrected chi connectivity index (χ0v) is 14.6. The maximum atomic E-state index is 5.85. The average Bonchev–Trinajstić information content (AvgIpc) is 2.50. The number of hydrogen-bond acceptors (Lipinski definition) is 2. The molecule has 1 aliphatic carbocycles. The second-order valence-corrected chi connectivity index (χ2v) is 7.63. The summed E-state index contributed by atoms with van der Waals surface area (Å²) >= 11 is 13.3. The van der Waals surface area contributed by atoms with E-state index in [0.29, 0.717) is 5.11 Å². The van der Waals surface area contributed by atoms with E-state index in [9.17, 15) is 0 Å². The molecule has 1 aromatic rings. The molecule has 0 radical (unpaired) electrons. The van der Waals surface area contributed by atoms with Crippen LogP contribution in [0.5, 0.6) is 0 Å². The van der Waals surface area contributed by atoms with Crippen molar-refractivity contribution in [3.05, 3.63) is 29.3 Å². The minimum atomic E-state index is 0.681. The van der Waals surface area contributed by atoms with Crippen LogP contribution in [0.1, 0.15) is 38.5 Å². The molecule has 2 N–H and O–H groups in total. The van der Waals surface area contributed by atoms with Crippen LogP contribution in [0.2, 0.25) is 5.02 Å². The highest BCUT2D eigenvalue weighted by molar-refractivity contribution is 7.99. The SMILES string of the molecule is S=C(NCCCSC1CCCCC1)Nc1ccc(Cl)cc1. The third-order valence-electron chi connectivity index (χ3n) is 3.61. The Kier molecular flexibility index (Phi) is 7.69. The van der Waals surface area contributed by atoms with E-state index < -0.39 is 0 Å². The summed E-state index contributed by atoms with van der Waals surface area (Å²) in [5, 5.41) is 8.74. The van der Waals surface area contributed by atoms with Gasteiger partial charge in [-0.3, -0.25) is 0 Å². The van der Waals surface area contributed by atoms with Crippen LogP contribution in [-0.4, -0.2) is 22.7 Å². The van der Waals surface area contributed by atoms with Gasteiger partial charge in [0.05, 0.1) is 0 Å². The summed E-state index contributed by atoms with van der Waals surface area (Å²) in [6.45, 7) is 0.930. The summed E-state index contributed by atoms with van der Waals surface area (Å²) < 4.78 is 0. The fourth-order valence-electron chi connectivity index (χ4n) is 2.46. The molecule has 1 saturated carbocycles. The van der Waals surface area contributed by atoms with Crippen molar-refractivity contribution >= 4 is 46.4 Å². The van der Waals surface area contributed by atoms with Gasteiger partial charge in [-0.05, 0) is 61.5 Å². The van der Waals surface area contributed by atoms with Crippen molar-refractivity contribution in [1.82, 2.24) is 5.32 Å². The second-order valence-electron chi connectivity index (χ2n) is 5.37. The molecule has 116 valence electrons. The number of nitrogens with one attached hydrogen (secondary N) is 2. The van der Waals surface area contributed by atoms with Gasteiger partial charge in [0.25, 0.3) is 0 Å². The van der Waals surface area contributed by atoms with Crippen LogP contribution in [0.25, 0.3) is 0 Å². The third-order valence-corrected chi connectivity index (χ3v) is 5.58. The molecule has 1 aliphatic rings. The van der Waals surface area contributed by atoms with Gasteiger partial charge in [-0.15, -0.1) is 0 Å². The van der Waals surface area contributed by atoms with E-state index in [2.05, 4.69) is 22.4 Å². The molecule has 0 saturated heterocycles. The Bertz CT molecular complexity index is 430. The van der Waals surface area contributed by atoms with E-state index in [0.717, 1.165) is 28.9 Å². The van der Waals surface area contributed by atoms with Crippen molar-refractivity contribution < 1.29 is 0 Å².